The second-order valence-electron chi connectivity index (χ2n) is 3.78. The SMILES string of the molecule is CN(C(=O)C(C)(C)[C]=O)c1ccccn1. The van der Waals surface area contributed by atoms with E-state index in [1.54, 1.807) is 37.7 Å². The van der Waals surface area contributed by atoms with Gasteiger partial charge in [-0.2, -0.15) is 0 Å². The number of carbonyl (C=O) groups excluding carboxylic acids is 2. The van der Waals surface area contributed by atoms with E-state index in [0.717, 1.165) is 0 Å². The van der Waals surface area contributed by atoms with Crippen molar-refractivity contribution >= 4 is 18.0 Å². The molecule has 15 heavy (non-hydrogen) atoms. The van der Waals surface area contributed by atoms with Crippen molar-refractivity contribution in [3.05, 3.63) is 24.4 Å². The van der Waals surface area contributed by atoms with Gasteiger partial charge in [-0.15, -0.1) is 0 Å². The first kappa shape index (κ1) is 11.4. The normalized spacial score (nSPS) is 10.9. The molecule has 1 aromatic rings. The van der Waals surface area contributed by atoms with Gasteiger partial charge in [0.1, 0.15) is 11.2 Å². The molecule has 0 saturated carbocycles. The van der Waals surface area contributed by atoms with Crippen LogP contribution < -0.4 is 4.90 Å². The molecule has 0 fully saturated rings. The van der Waals surface area contributed by atoms with E-state index < -0.39 is 5.41 Å². The van der Waals surface area contributed by atoms with Crippen LogP contribution in [0.2, 0.25) is 0 Å². The molecule has 0 aliphatic carbocycles. The summed E-state index contributed by atoms with van der Waals surface area (Å²) in [4.78, 5) is 27.8. The van der Waals surface area contributed by atoms with Gasteiger partial charge in [-0.3, -0.25) is 14.5 Å². The first-order chi connectivity index (χ1) is 6.99. The summed E-state index contributed by atoms with van der Waals surface area (Å²) in [5.41, 5.74) is -1.13. The van der Waals surface area contributed by atoms with E-state index in [-0.39, 0.29) is 5.91 Å². The summed E-state index contributed by atoms with van der Waals surface area (Å²) in [5, 5.41) is 0. The van der Waals surface area contributed by atoms with Crippen LogP contribution in [0, 0.1) is 5.41 Å². The summed E-state index contributed by atoms with van der Waals surface area (Å²) in [6.07, 6.45) is 3.32. The van der Waals surface area contributed by atoms with Crippen molar-refractivity contribution in [3.63, 3.8) is 0 Å². The topological polar surface area (TPSA) is 50.3 Å². The van der Waals surface area contributed by atoms with E-state index in [4.69, 9.17) is 0 Å². The first-order valence-electron chi connectivity index (χ1n) is 4.57. The van der Waals surface area contributed by atoms with Crippen molar-refractivity contribution in [1.82, 2.24) is 4.98 Å². The molecule has 1 aromatic heterocycles. The van der Waals surface area contributed by atoms with E-state index in [9.17, 15) is 9.59 Å². The zero-order chi connectivity index (χ0) is 11.5. The van der Waals surface area contributed by atoms with Crippen LogP contribution in [-0.4, -0.2) is 24.2 Å². The molecular formula is C11H13N2O2. The molecule has 0 aliphatic rings. The Morgan fingerprint density at radius 3 is 2.60 bits per heavy atom. The van der Waals surface area contributed by atoms with Gasteiger partial charge in [0.2, 0.25) is 12.2 Å². The number of pyridine rings is 1. The summed E-state index contributed by atoms with van der Waals surface area (Å²) >= 11 is 0. The molecule has 1 radical (unpaired) electrons. The molecule has 0 spiro atoms. The Bertz CT molecular complexity index is 360. The molecule has 0 bridgehead atoms. The maximum absolute atomic E-state index is 11.8. The molecule has 0 N–H and O–H groups in total. The predicted octanol–water partition coefficient (Wildman–Crippen LogP) is 1.18. The number of carbonyl (C=O) groups is 1. The standard InChI is InChI=1S/C11H13N2O2/c1-11(2,8-14)10(15)13(3)9-6-4-5-7-12-9/h4-7H,1-3H3. The molecule has 0 atom stereocenters. The Hall–Kier alpha value is -1.71. The van der Waals surface area contributed by atoms with Crippen molar-refractivity contribution in [2.45, 2.75) is 13.8 Å². The number of nitrogens with zero attached hydrogens (tertiary/aromatic N) is 2. The predicted molar refractivity (Wildman–Crippen MR) is 57.1 cm³/mol. The molecule has 0 unspecified atom stereocenters. The average molecular weight is 205 g/mol. The zero-order valence-electron chi connectivity index (χ0n) is 9.02. The molecule has 79 valence electrons. The van der Waals surface area contributed by atoms with Crippen LogP contribution in [-0.2, 0) is 9.59 Å². The summed E-state index contributed by atoms with van der Waals surface area (Å²) < 4.78 is 0. The Kier molecular flexibility index (Phi) is 3.19. The highest BCUT2D eigenvalue weighted by atomic mass is 16.2. The maximum Gasteiger partial charge on any atom is 0.241 e. The fourth-order valence-corrected chi connectivity index (χ4v) is 1.12. The third-order valence-corrected chi connectivity index (χ3v) is 2.09. The number of hydrogen-bond acceptors (Lipinski definition) is 3. The molecule has 4 nitrogen and oxygen atoms in total. The molecule has 0 aliphatic heterocycles. The third kappa shape index (κ3) is 2.40. The highest BCUT2D eigenvalue weighted by Gasteiger charge is 2.31. The van der Waals surface area contributed by atoms with Crippen molar-refractivity contribution in [1.29, 1.82) is 0 Å². The van der Waals surface area contributed by atoms with Crippen molar-refractivity contribution in [3.8, 4) is 0 Å². The van der Waals surface area contributed by atoms with Crippen LogP contribution in [0.25, 0.3) is 0 Å². The van der Waals surface area contributed by atoms with Gasteiger partial charge in [0.15, 0.2) is 0 Å². The highest BCUT2D eigenvalue weighted by molar-refractivity contribution is 6.04. The largest absolute Gasteiger partial charge is 0.299 e. The average Bonchev–Trinajstić information content (AvgIpc) is 2.28. The minimum absolute atomic E-state index is 0.323. The number of aromatic nitrogens is 1. The van der Waals surface area contributed by atoms with Crippen LogP contribution >= 0.6 is 0 Å². The van der Waals surface area contributed by atoms with Gasteiger partial charge >= 0.3 is 0 Å². The molecule has 1 heterocycles. The van der Waals surface area contributed by atoms with Gasteiger partial charge in [0.25, 0.3) is 0 Å². The van der Waals surface area contributed by atoms with Gasteiger partial charge in [-0.1, -0.05) is 6.07 Å². The van der Waals surface area contributed by atoms with E-state index >= 15 is 0 Å². The van der Waals surface area contributed by atoms with Crippen LogP contribution in [0.3, 0.4) is 0 Å². The van der Waals surface area contributed by atoms with Crippen LogP contribution in [0.1, 0.15) is 13.8 Å². The van der Waals surface area contributed by atoms with Gasteiger partial charge in [-0.05, 0) is 26.0 Å². The smallest absolute Gasteiger partial charge is 0.241 e. The Balaban J connectivity index is 2.92. The van der Waals surface area contributed by atoms with Crippen molar-refractivity contribution < 1.29 is 9.59 Å². The number of amides is 1. The lowest BCUT2D eigenvalue weighted by Gasteiger charge is -2.23. The van der Waals surface area contributed by atoms with E-state index in [2.05, 4.69) is 4.98 Å². The first-order valence-corrected chi connectivity index (χ1v) is 4.57. The number of rotatable bonds is 3. The lowest BCUT2D eigenvalue weighted by molar-refractivity contribution is -0.123. The van der Waals surface area contributed by atoms with Crippen molar-refractivity contribution in [2.75, 3.05) is 11.9 Å². The van der Waals surface area contributed by atoms with Gasteiger partial charge in [0.05, 0.1) is 0 Å². The van der Waals surface area contributed by atoms with Gasteiger partial charge in [0, 0.05) is 13.2 Å². The lowest BCUT2D eigenvalue weighted by atomic mass is 9.94. The van der Waals surface area contributed by atoms with E-state index in [1.165, 1.54) is 18.7 Å². The monoisotopic (exact) mass is 205 g/mol. The number of anilines is 1. The van der Waals surface area contributed by atoms with Crippen molar-refractivity contribution in [2.24, 2.45) is 5.41 Å². The third-order valence-electron chi connectivity index (χ3n) is 2.09. The van der Waals surface area contributed by atoms with Crippen LogP contribution in [0.4, 0.5) is 5.82 Å². The Morgan fingerprint density at radius 2 is 2.13 bits per heavy atom. The van der Waals surface area contributed by atoms with E-state index in [1.807, 2.05) is 0 Å². The second kappa shape index (κ2) is 4.21. The van der Waals surface area contributed by atoms with Crippen LogP contribution in [0.5, 0.6) is 0 Å². The summed E-state index contributed by atoms with van der Waals surface area (Å²) in [7, 11) is 1.59. The Morgan fingerprint density at radius 1 is 1.47 bits per heavy atom. The van der Waals surface area contributed by atoms with E-state index in [0.29, 0.717) is 5.82 Å². The van der Waals surface area contributed by atoms with Gasteiger partial charge < -0.3 is 0 Å². The summed E-state index contributed by atoms with van der Waals surface area (Å²) in [6, 6.07) is 5.25. The molecular weight excluding hydrogens is 192 g/mol. The maximum atomic E-state index is 11.8. The molecule has 0 aromatic carbocycles. The zero-order valence-corrected chi connectivity index (χ0v) is 9.02. The molecule has 0 saturated heterocycles. The fraction of sp³-hybridized carbons (Fsp3) is 0.364. The molecule has 4 heteroatoms. The minimum atomic E-state index is -1.13. The second-order valence-corrected chi connectivity index (χ2v) is 3.78. The highest BCUT2D eigenvalue weighted by Crippen LogP contribution is 2.18. The fourth-order valence-electron chi connectivity index (χ4n) is 1.12. The quantitative estimate of drug-likeness (QED) is 0.696. The summed E-state index contributed by atoms with van der Waals surface area (Å²) in [5.74, 6) is 0.196. The van der Waals surface area contributed by atoms with Gasteiger partial charge in [-0.25, -0.2) is 4.98 Å². The lowest BCUT2D eigenvalue weighted by Crippen LogP contribution is -2.39. The number of hydrogen-bond donors (Lipinski definition) is 0. The minimum Gasteiger partial charge on any atom is -0.299 e. The molecule has 1 amide bonds. The Labute approximate surface area is 88.9 Å². The molecule has 1 rings (SSSR count). The van der Waals surface area contributed by atoms with Crippen LogP contribution in [0.15, 0.2) is 24.4 Å². The summed E-state index contributed by atoms with van der Waals surface area (Å²) in [6.45, 7) is 3.06.